The Balaban J connectivity index is 1.60. The number of thiocarbonyl (C=S) groups is 1. The highest BCUT2D eigenvalue weighted by Gasteiger charge is 2.23. The maximum Gasteiger partial charge on any atom is 0.239 e. The summed E-state index contributed by atoms with van der Waals surface area (Å²) in [6, 6.07) is 12.5. The summed E-state index contributed by atoms with van der Waals surface area (Å²) in [5.41, 5.74) is 2.38. The maximum atomic E-state index is 11.9. The second kappa shape index (κ2) is 8.16. The van der Waals surface area contributed by atoms with Crippen LogP contribution in [0.5, 0.6) is 0 Å². The van der Waals surface area contributed by atoms with Gasteiger partial charge in [-0.15, -0.1) is 0 Å². The van der Waals surface area contributed by atoms with Gasteiger partial charge in [-0.05, 0) is 49.7 Å². The SMILES string of the molecule is Cc1ccc(CN(Cc2ccco2)C(=S)NCC(=O)NC2CC2)cc1. The molecular formula is C19H23N3O2S. The highest BCUT2D eigenvalue weighted by atomic mass is 32.1. The summed E-state index contributed by atoms with van der Waals surface area (Å²) in [7, 11) is 0. The molecule has 0 bridgehead atoms. The Kier molecular flexibility index (Phi) is 5.71. The minimum atomic E-state index is -0.0156. The van der Waals surface area contributed by atoms with Gasteiger partial charge in [0.25, 0.3) is 0 Å². The number of carbonyl (C=O) groups excluding carboxylic acids is 1. The van der Waals surface area contributed by atoms with Gasteiger partial charge in [-0.3, -0.25) is 4.79 Å². The molecule has 0 radical (unpaired) electrons. The van der Waals surface area contributed by atoms with Gasteiger partial charge in [-0.2, -0.15) is 0 Å². The molecular weight excluding hydrogens is 334 g/mol. The zero-order valence-electron chi connectivity index (χ0n) is 14.3. The number of aryl methyl sites for hydroxylation is 1. The zero-order valence-corrected chi connectivity index (χ0v) is 15.1. The van der Waals surface area contributed by atoms with Crippen molar-refractivity contribution in [3.63, 3.8) is 0 Å². The molecule has 1 amide bonds. The van der Waals surface area contributed by atoms with Gasteiger partial charge < -0.3 is 20.0 Å². The largest absolute Gasteiger partial charge is 0.467 e. The number of nitrogens with zero attached hydrogens (tertiary/aromatic N) is 1. The van der Waals surface area contributed by atoms with Crippen LogP contribution in [-0.2, 0) is 17.9 Å². The molecule has 2 N–H and O–H groups in total. The fourth-order valence-electron chi connectivity index (χ4n) is 2.48. The maximum absolute atomic E-state index is 11.9. The lowest BCUT2D eigenvalue weighted by atomic mass is 10.1. The predicted octanol–water partition coefficient (Wildman–Crippen LogP) is 2.74. The van der Waals surface area contributed by atoms with Crippen LogP contribution in [0.25, 0.3) is 0 Å². The van der Waals surface area contributed by atoms with Crippen LogP contribution >= 0.6 is 12.2 Å². The number of rotatable bonds is 7. The molecule has 1 aromatic carbocycles. The Hall–Kier alpha value is -2.34. The van der Waals surface area contributed by atoms with Crippen molar-refractivity contribution < 1.29 is 9.21 Å². The smallest absolute Gasteiger partial charge is 0.239 e. The van der Waals surface area contributed by atoms with Gasteiger partial charge >= 0.3 is 0 Å². The van der Waals surface area contributed by atoms with Gasteiger partial charge in [0.1, 0.15) is 5.76 Å². The van der Waals surface area contributed by atoms with Crippen LogP contribution in [0.2, 0.25) is 0 Å². The molecule has 0 atom stereocenters. The third-order valence-corrected chi connectivity index (χ3v) is 4.45. The van der Waals surface area contributed by atoms with E-state index in [1.807, 2.05) is 17.0 Å². The molecule has 0 aliphatic heterocycles. The van der Waals surface area contributed by atoms with Crippen LogP contribution < -0.4 is 10.6 Å². The fourth-order valence-corrected chi connectivity index (χ4v) is 2.68. The molecule has 0 spiro atoms. The van der Waals surface area contributed by atoms with E-state index in [9.17, 15) is 4.79 Å². The van der Waals surface area contributed by atoms with Crippen molar-refractivity contribution in [2.75, 3.05) is 6.54 Å². The highest BCUT2D eigenvalue weighted by Crippen LogP contribution is 2.18. The second-order valence-corrected chi connectivity index (χ2v) is 6.81. The fraction of sp³-hybridized carbons (Fsp3) is 0.368. The number of furan rings is 1. The third kappa shape index (κ3) is 5.60. The second-order valence-electron chi connectivity index (χ2n) is 6.42. The number of hydrogen-bond acceptors (Lipinski definition) is 3. The van der Waals surface area contributed by atoms with E-state index in [1.54, 1.807) is 6.26 Å². The average molecular weight is 357 g/mol. The molecule has 1 saturated carbocycles. The van der Waals surface area contributed by atoms with Crippen LogP contribution in [0.15, 0.2) is 47.1 Å². The van der Waals surface area contributed by atoms with Crippen LogP contribution in [0.1, 0.15) is 29.7 Å². The number of benzene rings is 1. The lowest BCUT2D eigenvalue weighted by Crippen LogP contribution is -2.44. The van der Waals surface area contributed by atoms with Crippen molar-refractivity contribution >= 4 is 23.2 Å². The van der Waals surface area contributed by atoms with Crippen LogP contribution in [-0.4, -0.2) is 28.5 Å². The molecule has 0 saturated heterocycles. The van der Waals surface area contributed by atoms with E-state index in [0.29, 0.717) is 24.2 Å². The first kappa shape index (κ1) is 17.5. The summed E-state index contributed by atoms with van der Waals surface area (Å²) in [6.45, 7) is 3.46. The molecule has 1 heterocycles. The van der Waals surface area contributed by atoms with Crippen LogP contribution in [0.4, 0.5) is 0 Å². The minimum absolute atomic E-state index is 0.0156. The Morgan fingerprint density at radius 3 is 2.64 bits per heavy atom. The third-order valence-electron chi connectivity index (χ3n) is 4.05. The number of carbonyl (C=O) groups is 1. The Labute approximate surface area is 153 Å². The van der Waals surface area contributed by atoms with Crippen molar-refractivity contribution in [2.24, 2.45) is 0 Å². The summed E-state index contributed by atoms with van der Waals surface area (Å²) in [6.07, 6.45) is 3.81. The molecule has 1 aromatic heterocycles. The zero-order chi connectivity index (χ0) is 17.6. The first-order valence-electron chi connectivity index (χ1n) is 8.50. The molecule has 2 aromatic rings. The van der Waals surface area contributed by atoms with Gasteiger partial charge in [0, 0.05) is 12.6 Å². The van der Waals surface area contributed by atoms with E-state index in [4.69, 9.17) is 16.6 Å². The van der Waals surface area contributed by atoms with Crippen LogP contribution in [0.3, 0.4) is 0 Å². The molecule has 0 unspecified atom stereocenters. The van der Waals surface area contributed by atoms with Gasteiger partial charge in [0.05, 0.1) is 19.4 Å². The molecule has 5 nitrogen and oxygen atoms in total. The van der Waals surface area contributed by atoms with Gasteiger partial charge in [0.15, 0.2) is 5.11 Å². The van der Waals surface area contributed by atoms with E-state index < -0.39 is 0 Å². The Morgan fingerprint density at radius 2 is 2.00 bits per heavy atom. The molecule has 25 heavy (non-hydrogen) atoms. The van der Waals surface area contributed by atoms with E-state index >= 15 is 0 Å². The number of nitrogens with one attached hydrogen (secondary N) is 2. The van der Waals surface area contributed by atoms with Crippen molar-refractivity contribution in [1.29, 1.82) is 0 Å². The van der Waals surface area contributed by atoms with Crippen molar-refractivity contribution in [1.82, 2.24) is 15.5 Å². The van der Waals surface area contributed by atoms with E-state index in [0.717, 1.165) is 24.2 Å². The van der Waals surface area contributed by atoms with E-state index in [1.165, 1.54) is 5.56 Å². The molecule has 6 heteroatoms. The highest BCUT2D eigenvalue weighted by molar-refractivity contribution is 7.80. The topological polar surface area (TPSA) is 57.5 Å². The quantitative estimate of drug-likeness (QED) is 0.746. The Bertz CT molecular complexity index is 709. The molecule has 1 aliphatic carbocycles. The molecule has 1 fully saturated rings. The molecule has 132 valence electrons. The summed E-state index contributed by atoms with van der Waals surface area (Å²) >= 11 is 5.51. The summed E-state index contributed by atoms with van der Waals surface area (Å²) < 4.78 is 5.45. The van der Waals surface area contributed by atoms with Crippen molar-refractivity contribution in [3.8, 4) is 0 Å². The standard InChI is InChI=1S/C19H23N3O2S/c1-14-4-6-15(7-5-14)12-22(13-17-3-2-10-24-17)19(25)20-11-18(23)21-16-8-9-16/h2-7,10,16H,8-9,11-13H2,1H3,(H,20,25)(H,21,23). The monoisotopic (exact) mass is 357 g/mol. The van der Waals surface area contributed by atoms with Crippen molar-refractivity contribution in [3.05, 3.63) is 59.5 Å². The summed E-state index contributed by atoms with van der Waals surface area (Å²) in [5, 5.41) is 6.56. The number of hydrogen-bond donors (Lipinski definition) is 2. The van der Waals surface area contributed by atoms with Gasteiger partial charge in [-0.1, -0.05) is 29.8 Å². The van der Waals surface area contributed by atoms with Crippen molar-refractivity contribution in [2.45, 2.75) is 38.9 Å². The molecule has 3 rings (SSSR count). The number of amides is 1. The van der Waals surface area contributed by atoms with Gasteiger partial charge in [0.2, 0.25) is 5.91 Å². The van der Waals surface area contributed by atoms with Crippen LogP contribution in [0, 0.1) is 6.92 Å². The van der Waals surface area contributed by atoms with Gasteiger partial charge in [-0.25, -0.2) is 0 Å². The average Bonchev–Trinajstić information content (AvgIpc) is 3.26. The first-order chi connectivity index (χ1) is 12.1. The first-order valence-corrected chi connectivity index (χ1v) is 8.91. The summed E-state index contributed by atoms with van der Waals surface area (Å²) in [4.78, 5) is 13.9. The lowest BCUT2D eigenvalue weighted by molar-refractivity contribution is -0.120. The summed E-state index contributed by atoms with van der Waals surface area (Å²) in [5.74, 6) is 0.817. The predicted molar refractivity (Wildman–Crippen MR) is 101 cm³/mol. The van der Waals surface area contributed by atoms with E-state index in [2.05, 4.69) is 41.8 Å². The normalized spacial score (nSPS) is 13.3. The molecule has 1 aliphatic rings. The Morgan fingerprint density at radius 1 is 1.24 bits per heavy atom. The minimum Gasteiger partial charge on any atom is -0.467 e. The lowest BCUT2D eigenvalue weighted by Gasteiger charge is -2.25. The van der Waals surface area contributed by atoms with E-state index in [-0.39, 0.29) is 12.5 Å².